The number of hydrogen-bond donors (Lipinski definition) is 1. The van der Waals surface area contributed by atoms with Crippen molar-refractivity contribution in [1.82, 2.24) is 24.8 Å². The molecule has 3 fully saturated rings. The Bertz CT molecular complexity index is 1250. The van der Waals surface area contributed by atoms with Crippen molar-refractivity contribution in [3.8, 4) is 0 Å². The van der Waals surface area contributed by atoms with E-state index in [0.29, 0.717) is 19.3 Å². The van der Waals surface area contributed by atoms with Gasteiger partial charge < -0.3 is 19.6 Å². The van der Waals surface area contributed by atoms with Gasteiger partial charge in [-0.05, 0) is 37.8 Å². The number of aliphatic hydroxyl groups is 1. The van der Waals surface area contributed by atoms with E-state index in [-0.39, 0.29) is 56.0 Å². The number of hydrogen-bond acceptors (Lipinski definition) is 8. The molecule has 0 saturated carbocycles. The molecular weight excluding hydrogens is 506 g/mol. The Morgan fingerprint density at radius 2 is 2.11 bits per heavy atom. The zero-order valence-corrected chi connectivity index (χ0v) is 22.1. The molecule has 1 N–H and O–H groups in total. The van der Waals surface area contributed by atoms with E-state index in [0.717, 1.165) is 17.5 Å². The van der Waals surface area contributed by atoms with Crippen LogP contribution in [0.1, 0.15) is 25.7 Å². The van der Waals surface area contributed by atoms with Crippen LogP contribution >= 0.6 is 11.8 Å². The summed E-state index contributed by atoms with van der Waals surface area (Å²) in [6, 6.07) is 6.76. The van der Waals surface area contributed by atoms with Crippen LogP contribution in [0.5, 0.6) is 0 Å². The number of para-hydroxylation sites is 1. The van der Waals surface area contributed by atoms with Crippen LogP contribution in [0, 0.1) is 11.8 Å². The SMILES string of the molecule is C=CCCOC(=O)[C@@H]1[C@@H]2CCC3(S2)C(C(=O)N(CC=C)Cn2nnc4ccccc42)N(CCCO)C(=O)[C@H]13. The number of aromatic nitrogens is 3. The van der Waals surface area contributed by atoms with Gasteiger partial charge in [-0.25, -0.2) is 4.68 Å². The second-order valence-electron chi connectivity index (χ2n) is 9.98. The monoisotopic (exact) mass is 539 g/mol. The van der Waals surface area contributed by atoms with E-state index in [1.54, 1.807) is 38.4 Å². The predicted octanol–water partition coefficient (Wildman–Crippen LogP) is 2.00. The Morgan fingerprint density at radius 3 is 2.87 bits per heavy atom. The van der Waals surface area contributed by atoms with Gasteiger partial charge in [0.2, 0.25) is 11.8 Å². The number of thioether (sulfide) groups is 1. The molecule has 3 aliphatic rings. The van der Waals surface area contributed by atoms with Crippen molar-refractivity contribution < 1.29 is 24.2 Å². The van der Waals surface area contributed by atoms with Gasteiger partial charge in [-0.2, -0.15) is 0 Å². The lowest BCUT2D eigenvalue weighted by molar-refractivity contribution is -0.154. The van der Waals surface area contributed by atoms with Crippen LogP contribution in [-0.4, -0.2) is 90.0 Å². The summed E-state index contributed by atoms with van der Waals surface area (Å²) in [6.07, 6.45) is 5.62. The number of ether oxygens (including phenoxy) is 1. The van der Waals surface area contributed by atoms with Crippen molar-refractivity contribution in [2.75, 3.05) is 26.3 Å². The van der Waals surface area contributed by atoms with E-state index >= 15 is 0 Å². The van der Waals surface area contributed by atoms with Gasteiger partial charge in [0.05, 0.1) is 28.7 Å². The minimum atomic E-state index is -0.762. The molecule has 1 aromatic heterocycles. The van der Waals surface area contributed by atoms with Gasteiger partial charge in [-0.15, -0.1) is 30.0 Å². The minimum Gasteiger partial charge on any atom is -0.465 e. The Kier molecular flexibility index (Phi) is 7.58. The normalized spacial score (nSPS) is 27.5. The summed E-state index contributed by atoms with van der Waals surface area (Å²) < 4.78 is 6.46. The molecule has 0 radical (unpaired) electrons. The highest BCUT2D eigenvalue weighted by molar-refractivity contribution is 8.02. The van der Waals surface area contributed by atoms with E-state index in [9.17, 15) is 19.5 Å². The summed E-state index contributed by atoms with van der Waals surface area (Å²) >= 11 is 1.59. The summed E-state index contributed by atoms with van der Waals surface area (Å²) in [4.78, 5) is 44.6. The molecule has 2 aromatic rings. The molecule has 5 atom stereocenters. The number of likely N-dealkylation sites (tertiary alicyclic amines) is 1. The van der Waals surface area contributed by atoms with Crippen molar-refractivity contribution in [1.29, 1.82) is 0 Å². The fraction of sp³-hybridized carbons (Fsp3) is 0.519. The maximum Gasteiger partial charge on any atom is 0.310 e. The van der Waals surface area contributed by atoms with Crippen LogP contribution in [-0.2, 0) is 25.8 Å². The predicted molar refractivity (Wildman–Crippen MR) is 143 cm³/mol. The number of amides is 2. The lowest BCUT2D eigenvalue weighted by atomic mass is 9.71. The van der Waals surface area contributed by atoms with Gasteiger partial charge >= 0.3 is 5.97 Å². The van der Waals surface area contributed by atoms with E-state index < -0.39 is 22.6 Å². The number of carbonyl (C=O) groups is 3. The molecule has 2 bridgehead atoms. The Hall–Kier alpha value is -3.18. The maximum absolute atomic E-state index is 14.3. The van der Waals surface area contributed by atoms with E-state index in [1.807, 2.05) is 24.3 Å². The topological polar surface area (TPSA) is 118 Å². The van der Waals surface area contributed by atoms with Crippen LogP contribution in [0.2, 0.25) is 0 Å². The number of carbonyl (C=O) groups excluding carboxylic acids is 3. The van der Waals surface area contributed by atoms with Crippen molar-refractivity contribution in [3.63, 3.8) is 0 Å². The summed E-state index contributed by atoms with van der Waals surface area (Å²) in [5, 5.41) is 17.9. The van der Waals surface area contributed by atoms with Crippen LogP contribution in [0.15, 0.2) is 49.6 Å². The van der Waals surface area contributed by atoms with Crippen LogP contribution in [0.25, 0.3) is 11.0 Å². The number of fused-ring (bicyclic) bond motifs is 2. The van der Waals surface area contributed by atoms with Crippen molar-refractivity contribution >= 4 is 40.6 Å². The summed E-state index contributed by atoms with van der Waals surface area (Å²) in [7, 11) is 0. The summed E-state index contributed by atoms with van der Waals surface area (Å²) in [6.45, 7) is 8.26. The number of benzene rings is 1. The number of rotatable bonds is 12. The molecule has 2 amide bonds. The first-order valence-electron chi connectivity index (χ1n) is 13.0. The molecule has 1 spiro atoms. The third-order valence-corrected chi connectivity index (χ3v) is 9.77. The number of esters is 1. The smallest absolute Gasteiger partial charge is 0.310 e. The third kappa shape index (κ3) is 4.31. The zero-order chi connectivity index (χ0) is 26.9. The molecule has 38 heavy (non-hydrogen) atoms. The van der Waals surface area contributed by atoms with Crippen LogP contribution in [0.3, 0.4) is 0 Å². The van der Waals surface area contributed by atoms with Gasteiger partial charge in [-0.1, -0.05) is 29.5 Å². The first-order valence-corrected chi connectivity index (χ1v) is 13.9. The largest absolute Gasteiger partial charge is 0.465 e. The number of aliphatic hydroxyl groups excluding tert-OH is 1. The fourth-order valence-electron chi connectivity index (χ4n) is 6.25. The molecule has 4 heterocycles. The van der Waals surface area contributed by atoms with E-state index in [4.69, 9.17) is 4.74 Å². The average Bonchev–Trinajstić information content (AvgIpc) is 3.66. The minimum absolute atomic E-state index is 0.0670. The lowest BCUT2D eigenvalue weighted by Crippen LogP contribution is -2.55. The van der Waals surface area contributed by atoms with E-state index in [2.05, 4.69) is 23.5 Å². The fourth-order valence-corrected chi connectivity index (χ4v) is 8.45. The molecule has 1 aromatic carbocycles. The average molecular weight is 540 g/mol. The first kappa shape index (κ1) is 26.4. The van der Waals surface area contributed by atoms with Gasteiger partial charge in [0.1, 0.15) is 18.2 Å². The van der Waals surface area contributed by atoms with Gasteiger partial charge in [0, 0.05) is 24.9 Å². The molecule has 11 heteroatoms. The lowest BCUT2D eigenvalue weighted by Gasteiger charge is -2.37. The molecule has 202 valence electrons. The third-order valence-electron chi connectivity index (χ3n) is 7.82. The molecule has 3 saturated heterocycles. The van der Waals surface area contributed by atoms with E-state index in [1.165, 1.54) is 0 Å². The Balaban J connectivity index is 1.47. The second kappa shape index (κ2) is 10.9. The maximum atomic E-state index is 14.3. The molecule has 2 unspecified atom stereocenters. The quantitative estimate of drug-likeness (QED) is 0.247. The molecule has 3 aliphatic heterocycles. The van der Waals surface area contributed by atoms with Gasteiger partial charge in [0.15, 0.2) is 0 Å². The van der Waals surface area contributed by atoms with Crippen molar-refractivity contribution in [2.24, 2.45) is 11.8 Å². The summed E-state index contributed by atoms with van der Waals surface area (Å²) in [5.41, 5.74) is 1.52. The molecule has 10 nitrogen and oxygen atoms in total. The highest BCUT2D eigenvalue weighted by Gasteiger charge is 2.74. The highest BCUT2D eigenvalue weighted by Crippen LogP contribution is 2.66. The van der Waals surface area contributed by atoms with Crippen LogP contribution in [0.4, 0.5) is 0 Å². The molecular formula is C27H33N5O5S. The molecule has 5 rings (SSSR count). The highest BCUT2D eigenvalue weighted by atomic mass is 32.2. The van der Waals surface area contributed by atoms with Gasteiger partial charge in [0.25, 0.3) is 0 Å². The summed E-state index contributed by atoms with van der Waals surface area (Å²) in [5.74, 6) is -2.02. The van der Waals surface area contributed by atoms with Crippen molar-refractivity contribution in [3.05, 3.63) is 49.6 Å². The zero-order valence-electron chi connectivity index (χ0n) is 21.3. The Morgan fingerprint density at radius 1 is 1.29 bits per heavy atom. The standard InChI is InChI=1S/C27H33N5O5S/c1-3-5-16-37-26(36)21-20-11-12-27(38-20)22(21)24(34)31(14-8-15-33)23(27)25(35)30(13-4-2)17-32-19-10-7-6-9-18(19)28-29-32/h3-4,6-7,9-10,20-23,33H,1-2,5,8,11-17H2/t20-,21+,22-,23?,27?/m0/s1. The van der Waals surface area contributed by atoms with Crippen molar-refractivity contribution in [2.45, 2.75) is 48.4 Å². The Labute approximate surface area is 225 Å². The number of nitrogens with zero attached hydrogens (tertiary/aromatic N) is 5. The first-order chi connectivity index (χ1) is 18.5. The van der Waals surface area contributed by atoms with Gasteiger partial charge in [-0.3, -0.25) is 14.4 Å². The van der Waals surface area contributed by atoms with Crippen LogP contribution < -0.4 is 0 Å². The second-order valence-corrected chi connectivity index (χ2v) is 11.6. The molecule has 0 aliphatic carbocycles.